The fraction of sp³-hybridized carbons (Fsp3) is 0.500. The van der Waals surface area contributed by atoms with Crippen LogP contribution in [0, 0.1) is 9.39 Å². The Balaban J connectivity index is 2.84. The van der Waals surface area contributed by atoms with Gasteiger partial charge in [-0.2, -0.15) is 0 Å². The summed E-state index contributed by atoms with van der Waals surface area (Å²) in [6.45, 7) is 8.24. The third kappa shape index (κ3) is 2.61. The lowest BCUT2D eigenvalue weighted by molar-refractivity contribution is 0.341. The SMILES string of the molecule is CCC(C)(C)n1c(C(C)Cl)nc2cc(I)c(F)cc21. The maximum atomic E-state index is 13.8. The van der Waals surface area contributed by atoms with Crippen LogP contribution < -0.4 is 0 Å². The molecule has 19 heavy (non-hydrogen) atoms. The first-order valence-electron chi connectivity index (χ1n) is 6.30. The van der Waals surface area contributed by atoms with E-state index in [9.17, 15) is 4.39 Å². The highest BCUT2D eigenvalue weighted by Gasteiger charge is 2.26. The standard InChI is InChI=1S/C14H17ClFIN2/c1-5-14(3,4)19-12-6-9(16)10(17)7-11(12)18-13(19)8(2)15/h6-8H,5H2,1-4H3. The molecule has 0 radical (unpaired) electrons. The maximum absolute atomic E-state index is 13.8. The minimum atomic E-state index is -0.213. The van der Waals surface area contributed by atoms with Crippen molar-refractivity contribution in [3.63, 3.8) is 0 Å². The molecular formula is C14H17ClFIN2. The molecule has 2 rings (SSSR count). The molecule has 0 amide bonds. The fourth-order valence-electron chi connectivity index (χ4n) is 2.15. The van der Waals surface area contributed by atoms with E-state index in [2.05, 4.69) is 30.3 Å². The van der Waals surface area contributed by atoms with Gasteiger partial charge in [-0.1, -0.05) is 6.92 Å². The molecule has 0 N–H and O–H groups in total. The molecule has 1 aromatic heterocycles. The molecule has 0 spiro atoms. The molecule has 104 valence electrons. The van der Waals surface area contributed by atoms with Crippen molar-refractivity contribution in [2.24, 2.45) is 0 Å². The second kappa shape index (κ2) is 5.20. The highest BCUT2D eigenvalue weighted by molar-refractivity contribution is 14.1. The third-order valence-corrected chi connectivity index (χ3v) is 4.57. The molecule has 0 bridgehead atoms. The number of fused-ring (bicyclic) bond motifs is 1. The zero-order valence-electron chi connectivity index (χ0n) is 11.5. The summed E-state index contributed by atoms with van der Waals surface area (Å²) in [5, 5.41) is -0.209. The zero-order chi connectivity index (χ0) is 14.4. The van der Waals surface area contributed by atoms with E-state index in [0.29, 0.717) is 3.57 Å². The number of nitrogens with zero attached hydrogens (tertiary/aromatic N) is 2. The molecule has 5 heteroatoms. The van der Waals surface area contributed by atoms with Gasteiger partial charge in [0.1, 0.15) is 11.6 Å². The van der Waals surface area contributed by atoms with Crippen molar-refractivity contribution in [3.05, 3.63) is 27.3 Å². The minimum Gasteiger partial charge on any atom is -0.321 e. The molecule has 1 aromatic carbocycles. The second-order valence-electron chi connectivity index (χ2n) is 5.34. The van der Waals surface area contributed by atoms with Crippen LogP contribution in [0.1, 0.15) is 45.3 Å². The molecule has 2 aromatic rings. The minimum absolute atomic E-state index is 0.146. The summed E-state index contributed by atoms with van der Waals surface area (Å²) >= 11 is 8.23. The molecular weight excluding hydrogens is 378 g/mol. The largest absolute Gasteiger partial charge is 0.321 e. The van der Waals surface area contributed by atoms with Crippen LogP contribution in [-0.4, -0.2) is 9.55 Å². The Bertz CT molecular complexity index is 619. The van der Waals surface area contributed by atoms with Crippen molar-refractivity contribution < 1.29 is 4.39 Å². The van der Waals surface area contributed by atoms with Crippen LogP contribution in [-0.2, 0) is 5.54 Å². The summed E-state index contributed by atoms with van der Waals surface area (Å²) in [5.41, 5.74) is 1.47. The Morgan fingerprint density at radius 1 is 1.47 bits per heavy atom. The third-order valence-electron chi connectivity index (χ3n) is 3.55. The highest BCUT2D eigenvalue weighted by atomic mass is 127. The van der Waals surface area contributed by atoms with Gasteiger partial charge in [-0.3, -0.25) is 0 Å². The number of hydrogen-bond donors (Lipinski definition) is 0. The number of benzene rings is 1. The fourth-order valence-corrected chi connectivity index (χ4v) is 2.75. The molecule has 0 fully saturated rings. The smallest absolute Gasteiger partial charge is 0.138 e. The molecule has 0 saturated heterocycles. The van der Waals surface area contributed by atoms with E-state index in [4.69, 9.17) is 11.6 Å². The van der Waals surface area contributed by atoms with E-state index < -0.39 is 0 Å². The van der Waals surface area contributed by atoms with Crippen LogP contribution in [0.25, 0.3) is 11.0 Å². The van der Waals surface area contributed by atoms with Crippen LogP contribution >= 0.6 is 34.2 Å². The van der Waals surface area contributed by atoms with Crippen molar-refractivity contribution in [3.8, 4) is 0 Å². The van der Waals surface area contributed by atoms with Gasteiger partial charge in [0.25, 0.3) is 0 Å². The topological polar surface area (TPSA) is 17.8 Å². The van der Waals surface area contributed by atoms with Crippen LogP contribution in [0.15, 0.2) is 12.1 Å². The summed E-state index contributed by atoms with van der Waals surface area (Å²) in [7, 11) is 0. The van der Waals surface area contributed by atoms with Crippen molar-refractivity contribution in [1.29, 1.82) is 0 Å². The van der Waals surface area contributed by atoms with Gasteiger partial charge in [0.2, 0.25) is 0 Å². The predicted molar refractivity (Wildman–Crippen MR) is 86.3 cm³/mol. The van der Waals surface area contributed by atoms with E-state index in [1.54, 1.807) is 12.1 Å². The van der Waals surface area contributed by atoms with Gasteiger partial charge in [-0.25, -0.2) is 9.37 Å². The predicted octanol–water partition coefficient (Wildman–Crippen LogP) is 5.22. The Labute approximate surface area is 131 Å². The number of rotatable bonds is 3. The molecule has 0 aliphatic heterocycles. The van der Waals surface area contributed by atoms with E-state index >= 15 is 0 Å². The molecule has 0 saturated carbocycles. The number of aromatic nitrogens is 2. The lowest BCUT2D eigenvalue weighted by atomic mass is 10.0. The summed E-state index contributed by atoms with van der Waals surface area (Å²) in [6.07, 6.45) is 0.919. The molecule has 0 aliphatic carbocycles. The van der Waals surface area contributed by atoms with Crippen molar-refractivity contribution >= 4 is 45.2 Å². The molecule has 2 nitrogen and oxygen atoms in total. The van der Waals surface area contributed by atoms with Gasteiger partial charge in [-0.05, 0) is 55.8 Å². The molecule has 1 unspecified atom stereocenters. The van der Waals surface area contributed by atoms with Gasteiger partial charge in [0.15, 0.2) is 0 Å². The Hall–Kier alpha value is -0.360. The van der Waals surface area contributed by atoms with E-state index in [-0.39, 0.29) is 16.7 Å². The Kier molecular flexibility index (Phi) is 4.12. The number of hydrogen-bond acceptors (Lipinski definition) is 1. The van der Waals surface area contributed by atoms with E-state index in [1.165, 1.54) is 0 Å². The maximum Gasteiger partial charge on any atom is 0.138 e. The van der Waals surface area contributed by atoms with E-state index in [0.717, 1.165) is 23.3 Å². The van der Waals surface area contributed by atoms with Crippen LogP contribution in [0.3, 0.4) is 0 Å². The van der Waals surface area contributed by atoms with Gasteiger partial charge in [0.05, 0.1) is 20.0 Å². The molecule has 1 atom stereocenters. The van der Waals surface area contributed by atoms with Crippen LogP contribution in [0.2, 0.25) is 0 Å². The summed E-state index contributed by atoms with van der Waals surface area (Å²) in [4.78, 5) is 4.59. The average Bonchev–Trinajstić information content (AvgIpc) is 2.69. The molecule has 0 aliphatic rings. The lowest BCUT2D eigenvalue weighted by Gasteiger charge is -2.28. The first kappa shape index (κ1) is 15.0. The van der Waals surface area contributed by atoms with Gasteiger partial charge in [0, 0.05) is 11.6 Å². The van der Waals surface area contributed by atoms with Crippen molar-refractivity contribution in [2.45, 2.75) is 45.0 Å². The number of alkyl halides is 1. The first-order chi connectivity index (χ1) is 8.77. The average molecular weight is 395 g/mol. The summed E-state index contributed by atoms with van der Waals surface area (Å²) in [6, 6.07) is 3.33. The zero-order valence-corrected chi connectivity index (χ0v) is 14.4. The van der Waals surface area contributed by atoms with E-state index in [1.807, 2.05) is 29.5 Å². The first-order valence-corrected chi connectivity index (χ1v) is 7.81. The lowest BCUT2D eigenvalue weighted by Crippen LogP contribution is -2.27. The summed E-state index contributed by atoms with van der Waals surface area (Å²) < 4.78 is 16.5. The van der Waals surface area contributed by atoms with Crippen LogP contribution in [0.5, 0.6) is 0 Å². The van der Waals surface area contributed by atoms with Gasteiger partial charge in [-0.15, -0.1) is 11.6 Å². The van der Waals surface area contributed by atoms with Gasteiger partial charge < -0.3 is 4.57 Å². The van der Waals surface area contributed by atoms with Crippen molar-refractivity contribution in [1.82, 2.24) is 9.55 Å². The quantitative estimate of drug-likeness (QED) is 0.515. The number of halogens is 3. The van der Waals surface area contributed by atoms with Gasteiger partial charge >= 0.3 is 0 Å². The Morgan fingerprint density at radius 2 is 2.11 bits per heavy atom. The van der Waals surface area contributed by atoms with Crippen molar-refractivity contribution in [2.75, 3.05) is 0 Å². The monoisotopic (exact) mass is 394 g/mol. The highest BCUT2D eigenvalue weighted by Crippen LogP contribution is 2.33. The normalized spacial score (nSPS) is 14.1. The Morgan fingerprint density at radius 3 is 2.63 bits per heavy atom. The second-order valence-corrected chi connectivity index (χ2v) is 7.16. The molecule has 1 heterocycles. The van der Waals surface area contributed by atoms with Crippen LogP contribution in [0.4, 0.5) is 4.39 Å². The summed E-state index contributed by atoms with van der Waals surface area (Å²) in [5.74, 6) is 0.583. The number of imidazole rings is 1.